The first kappa shape index (κ1) is 12.9. The standard InChI is InChI=1S/C13H20N4O/c1-17-6-5-12(9-17)16-13(18)15-11-4-2-3-10(7-11)8-14/h2-4,7,12H,5-6,8-9,14H2,1H3,(H2,15,16,18). The summed E-state index contributed by atoms with van der Waals surface area (Å²) in [6.45, 7) is 2.43. The monoisotopic (exact) mass is 248 g/mol. The van der Waals surface area contributed by atoms with Crippen LogP contribution in [0.25, 0.3) is 0 Å². The van der Waals surface area contributed by atoms with Gasteiger partial charge in [-0.3, -0.25) is 0 Å². The molecule has 2 amide bonds. The quantitative estimate of drug-likeness (QED) is 0.746. The zero-order valence-corrected chi connectivity index (χ0v) is 10.6. The number of likely N-dealkylation sites (N-methyl/N-ethyl adjacent to an activating group) is 1. The average molecular weight is 248 g/mol. The van der Waals surface area contributed by atoms with Gasteiger partial charge in [-0.15, -0.1) is 0 Å². The third kappa shape index (κ3) is 3.45. The highest BCUT2D eigenvalue weighted by Gasteiger charge is 2.20. The van der Waals surface area contributed by atoms with Crippen molar-refractivity contribution >= 4 is 11.7 Å². The van der Waals surface area contributed by atoms with Crippen molar-refractivity contribution in [3.63, 3.8) is 0 Å². The molecule has 0 radical (unpaired) electrons. The molecule has 1 atom stereocenters. The number of anilines is 1. The third-order valence-corrected chi connectivity index (χ3v) is 3.15. The first-order valence-electron chi connectivity index (χ1n) is 6.22. The van der Waals surface area contributed by atoms with Crippen LogP contribution < -0.4 is 16.4 Å². The van der Waals surface area contributed by atoms with Crippen LogP contribution in [0.3, 0.4) is 0 Å². The molecule has 1 unspecified atom stereocenters. The SMILES string of the molecule is CN1CCC(NC(=O)Nc2cccc(CN)c2)C1. The molecule has 1 aromatic carbocycles. The van der Waals surface area contributed by atoms with E-state index in [1.807, 2.05) is 24.3 Å². The van der Waals surface area contributed by atoms with Crippen molar-refractivity contribution in [3.05, 3.63) is 29.8 Å². The molecule has 2 rings (SSSR count). The predicted molar refractivity (Wildman–Crippen MR) is 72.4 cm³/mol. The molecular formula is C13H20N4O. The van der Waals surface area contributed by atoms with Gasteiger partial charge in [-0.2, -0.15) is 0 Å². The van der Waals surface area contributed by atoms with Crippen LogP contribution >= 0.6 is 0 Å². The van der Waals surface area contributed by atoms with E-state index in [2.05, 4.69) is 22.6 Å². The fraction of sp³-hybridized carbons (Fsp3) is 0.462. The van der Waals surface area contributed by atoms with Crippen molar-refractivity contribution in [2.24, 2.45) is 5.73 Å². The van der Waals surface area contributed by atoms with Gasteiger partial charge in [0.1, 0.15) is 0 Å². The molecule has 4 N–H and O–H groups in total. The van der Waals surface area contributed by atoms with Crippen LogP contribution in [0.1, 0.15) is 12.0 Å². The van der Waals surface area contributed by atoms with Gasteiger partial charge in [-0.1, -0.05) is 12.1 Å². The van der Waals surface area contributed by atoms with Crippen LogP contribution in [0.5, 0.6) is 0 Å². The van der Waals surface area contributed by atoms with Gasteiger partial charge in [0.05, 0.1) is 0 Å². The van der Waals surface area contributed by atoms with E-state index in [1.165, 1.54) is 0 Å². The minimum Gasteiger partial charge on any atom is -0.334 e. The van der Waals surface area contributed by atoms with E-state index in [4.69, 9.17) is 5.73 Å². The lowest BCUT2D eigenvalue weighted by atomic mass is 10.2. The van der Waals surface area contributed by atoms with Gasteiger partial charge in [-0.05, 0) is 37.7 Å². The normalized spacial score (nSPS) is 19.8. The van der Waals surface area contributed by atoms with Crippen LogP contribution in [-0.4, -0.2) is 37.1 Å². The van der Waals surface area contributed by atoms with Crippen LogP contribution in [0, 0.1) is 0 Å². The molecule has 1 saturated heterocycles. The Morgan fingerprint density at radius 1 is 1.56 bits per heavy atom. The molecule has 0 spiro atoms. The molecule has 0 bridgehead atoms. The number of hydrogen-bond donors (Lipinski definition) is 3. The lowest BCUT2D eigenvalue weighted by molar-refractivity contribution is 0.248. The maximum absolute atomic E-state index is 11.8. The largest absolute Gasteiger partial charge is 0.334 e. The van der Waals surface area contributed by atoms with Crippen molar-refractivity contribution in [3.8, 4) is 0 Å². The molecule has 98 valence electrons. The number of amides is 2. The maximum atomic E-state index is 11.8. The number of benzene rings is 1. The van der Waals surface area contributed by atoms with E-state index < -0.39 is 0 Å². The first-order valence-corrected chi connectivity index (χ1v) is 6.22. The summed E-state index contributed by atoms with van der Waals surface area (Å²) in [7, 11) is 2.06. The van der Waals surface area contributed by atoms with Crippen LogP contribution in [0.2, 0.25) is 0 Å². The summed E-state index contributed by atoms with van der Waals surface area (Å²) in [5.41, 5.74) is 7.35. The molecule has 0 aliphatic carbocycles. The topological polar surface area (TPSA) is 70.4 Å². The fourth-order valence-corrected chi connectivity index (χ4v) is 2.18. The molecule has 1 aliphatic rings. The van der Waals surface area contributed by atoms with E-state index in [0.29, 0.717) is 6.54 Å². The number of carbonyl (C=O) groups is 1. The van der Waals surface area contributed by atoms with Crippen molar-refractivity contribution in [1.82, 2.24) is 10.2 Å². The van der Waals surface area contributed by atoms with E-state index in [0.717, 1.165) is 30.8 Å². The van der Waals surface area contributed by atoms with Crippen molar-refractivity contribution in [2.45, 2.75) is 19.0 Å². The molecule has 18 heavy (non-hydrogen) atoms. The molecule has 1 fully saturated rings. The summed E-state index contributed by atoms with van der Waals surface area (Å²) < 4.78 is 0. The molecule has 5 heteroatoms. The second kappa shape index (κ2) is 5.84. The molecule has 1 heterocycles. The zero-order valence-electron chi connectivity index (χ0n) is 10.6. The Balaban J connectivity index is 1.86. The van der Waals surface area contributed by atoms with E-state index in [1.54, 1.807) is 0 Å². The zero-order chi connectivity index (χ0) is 13.0. The summed E-state index contributed by atoms with van der Waals surface area (Å²) in [4.78, 5) is 14.0. The number of nitrogens with two attached hydrogens (primary N) is 1. The number of urea groups is 1. The lowest BCUT2D eigenvalue weighted by Gasteiger charge is -2.14. The molecule has 5 nitrogen and oxygen atoms in total. The van der Waals surface area contributed by atoms with Gasteiger partial charge in [0.15, 0.2) is 0 Å². The third-order valence-electron chi connectivity index (χ3n) is 3.15. The lowest BCUT2D eigenvalue weighted by Crippen LogP contribution is -2.39. The Kier molecular flexibility index (Phi) is 4.17. The summed E-state index contributed by atoms with van der Waals surface area (Å²) in [5, 5.41) is 5.81. The van der Waals surface area contributed by atoms with Crippen LogP contribution in [0.4, 0.5) is 10.5 Å². The van der Waals surface area contributed by atoms with Crippen molar-refractivity contribution in [1.29, 1.82) is 0 Å². The van der Waals surface area contributed by atoms with Gasteiger partial charge in [0.2, 0.25) is 0 Å². The molecule has 0 saturated carbocycles. The highest BCUT2D eigenvalue weighted by Crippen LogP contribution is 2.11. The van der Waals surface area contributed by atoms with Gasteiger partial charge in [0.25, 0.3) is 0 Å². The maximum Gasteiger partial charge on any atom is 0.319 e. The first-order chi connectivity index (χ1) is 8.67. The number of hydrogen-bond acceptors (Lipinski definition) is 3. The van der Waals surface area contributed by atoms with E-state index in [9.17, 15) is 4.79 Å². The van der Waals surface area contributed by atoms with Gasteiger partial charge in [-0.25, -0.2) is 4.79 Å². The Labute approximate surface area is 107 Å². The number of carbonyl (C=O) groups excluding carboxylic acids is 1. The molecular weight excluding hydrogens is 228 g/mol. The van der Waals surface area contributed by atoms with Gasteiger partial charge in [0, 0.05) is 24.8 Å². The van der Waals surface area contributed by atoms with Gasteiger partial charge >= 0.3 is 6.03 Å². The van der Waals surface area contributed by atoms with Crippen LogP contribution in [-0.2, 0) is 6.54 Å². The Morgan fingerprint density at radius 3 is 3.06 bits per heavy atom. The van der Waals surface area contributed by atoms with Gasteiger partial charge < -0.3 is 21.3 Å². The number of rotatable bonds is 3. The molecule has 0 aromatic heterocycles. The predicted octanol–water partition coefficient (Wildman–Crippen LogP) is 0.971. The summed E-state index contributed by atoms with van der Waals surface area (Å²) in [6, 6.07) is 7.67. The Hall–Kier alpha value is -1.59. The highest BCUT2D eigenvalue weighted by molar-refractivity contribution is 5.89. The second-order valence-corrected chi connectivity index (χ2v) is 4.75. The van der Waals surface area contributed by atoms with Crippen molar-refractivity contribution < 1.29 is 4.79 Å². The number of nitrogens with zero attached hydrogens (tertiary/aromatic N) is 1. The summed E-state index contributed by atoms with van der Waals surface area (Å²) >= 11 is 0. The Bertz CT molecular complexity index is 421. The van der Waals surface area contributed by atoms with Crippen molar-refractivity contribution in [2.75, 3.05) is 25.5 Å². The second-order valence-electron chi connectivity index (χ2n) is 4.75. The molecule has 1 aromatic rings. The fourth-order valence-electron chi connectivity index (χ4n) is 2.18. The van der Waals surface area contributed by atoms with E-state index in [-0.39, 0.29) is 12.1 Å². The number of likely N-dealkylation sites (tertiary alicyclic amines) is 1. The summed E-state index contributed by atoms with van der Waals surface area (Å²) in [6.07, 6.45) is 1.01. The molecule has 1 aliphatic heterocycles. The summed E-state index contributed by atoms with van der Waals surface area (Å²) in [5.74, 6) is 0. The number of nitrogens with one attached hydrogen (secondary N) is 2. The smallest absolute Gasteiger partial charge is 0.319 e. The highest BCUT2D eigenvalue weighted by atomic mass is 16.2. The average Bonchev–Trinajstić information content (AvgIpc) is 2.74. The minimum atomic E-state index is -0.149. The Morgan fingerprint density at radius 2 is 2.39 bits per heavy atom. The van der Waals surface area contributed by atoms with Crippen LogP contribution in [0.15, 0.2) is 24.3 Å². The minimum absolute atomic E-state index is 0.149. The van der Waals surface area contributed by atoms with E-state index >= 15 is 0 Å².